The van der Waals surface area contributed by atoms with Gasteiger partial charge in [0, 0.05) is 38.3 Å². The number of nitrogens with one attached hydrogen (secondary N) is 1. The number of para-hydroxylation sites is 3. The zero-order valence-electron chi connectivity index (χ0n) is 18.4. The lowest BCUT2D eigenvalue weighted by atomic mass is 10.2. The molecular formula is C25H29N5O2. The Kier molecular flexibility index (Phi) is 7.30. The van der Waals surface area contributed by atoms with Crippen LogP contribution in [-0.4, -0.2) is 53.7 Å². The van der Waals surface area contributed by atoms with Gasteiger partial charge in [-0.1, -0.05) is 30.3 Å². The zero-order chi connectivity index (χ0) is 22.2. The molecule has 0 spiro atoms. The Morgan fingerprint density at radius 3 is 2.75 bits per heavy atom. The molecule has 1 unspecified atom stereocenters. The SMILES string of the molecule is CN(CCC(=O)Nc1ccccc1Oc1ccccc1)CC1CCCN1c1cccnn1. The summed E-state index contributed by atoms with van der Waals surface area (Å²) >= 11 is 0. The van der Waals surface area contributed by atoms with Crippen LogP contribution in [0.2, 0.25) is 0 Å². The van der Waals surface area contributed by atoms with Crippen molar-refractivity contribution in [2.45, 2.75) is 25.3 Å². The van der Waals surface area contributed by atoms with E-state index in [0.29, 0.717) is 30.4 Å². The Labute approximate surface area is 189 Å². The summed E-state index contributed by atoms with van der Waals surface area (Å²) in [5.41, 5.74) is 0.675. The lowest BCUT2D eigenvalue weighted by Gasteiger charge is -2.29. The first-order valence-electron chi connectivity index (χ1n) is 11.0. The van der Waals surface area contributed by atoms with Gasteiger partial charge in [0.25, 0.3) is 0 Å². The number of carbonyl (C=O) groups excluding carboxylic acids is 1. The highest BCUT2D eigenvalue weighted by molar-refractivity contribution is 5.92. The Hall–Kier alpha value is -3.45. The van der Waals surface area contributed by atoms with Crippen molar-refractivity contribution in [2.24, 2.45) is 0 Å². The van der Waals surface area contributed by atoms with Crippen LogP contribution in [-0.2, 0) is 4.79 Å². The molecule has 1 N–H and O–H groups in total. The summed E-state index contributed by atoms with van der Waals surface area (Å²) < 4.78 is 5.94. The Balaban J connectivity index is 1.28. The van der Waals surface area contributed by atoms with E-state index in [1.165, 1.54) is 0 Å². The minimum atomic E-state index is -0.0295. The van der Waals surface area contributed by atoms with Gasteiger partial charge in [0.2, 0.25) is 5.91 Å². The van der Waals surface area contributed by atoms with E-state index in [0.717, 1.165) is 37.5 Å². The summed E-state index contributed by atoms with van der Waals surface area (Å²) in [6.45, 7) is 2.56. The number of rotatable bonds is 9. The molecule has 1 aromatic heterocycles. The molecule has 0 radical (unpaired) electrons. The van der Waals surface area contributed by atoms with Crippen LogP contribution in [0.15, 0.2) is 72.9 Å². The van der Waals surface area contributed by atoms with Crippen LogP contribution in [0.5, 0.6) is 11.5 Å². The molecule has 0 saturated carbocycles. The van der Waals surface area contributed by atoms with Crippen LogP contribution in [0.3, 0.4) is 0 Å². The van der Waals surface area contributed by atoms with Gasteiger partial charge in [-0.3, -0.25) is 4.79 Å². The average molecular weight is 432 g/mol. The third kappa shape index (κ3) is 5.82. The number of ether oxygens (including phenoxy) is 1. The summed E-state index contributed by atoms with van der Waals surface area (Å²) in [7, 11) is 2.06. The first kappa shape index (κ1) is 21.8. The molecule has 2 heterocycles. The molecule has 7 nitrogen and oxygen atoms in total. The Bertz CT molecular complexity index is 999. The minimum absolute atomic E-state index is 0.0295. The number of carbonyl (C=O) groups is 1. The van der Waals surface area contributed by atoms with Gasteiger partial charge in [-0.15, -0.1) is 5.10 Å². The number of amides is 1. The fourth-order valence-electron chi connectivity index (χ4n) is 4.00. The highest BCUT2D eigenvalue weighted by Crippen LogP contribution is 2.29. The molecule has 0 bridgehead atoms. The molecule has 1 fully saturated rings. The van der Waals surface area contributed by atoms with Gasteiger partial charge in [0.05, 0.1) is 5.69 Å². The maximum atomic E-state index is 12.6. The van der Waals surface area contributed by atoms with Crippen molar-refractivity contribution in [1.29, 1.82) is 0 Å². The molecule has 2 aromatic carbocycles. The predicted molar refractivity (Wildman–Crippen MR) is 126 cm³/mol. The Morgan fingerprint density at radius 1 is 1.12 bits per heavy atom. The van der Waals surface area contributed by atoms with Crippen LogP contribution in [0, 0.1) is 0 Å². The highest BCUT2D eigenvalue weighted by atomic mass is 16.5. The van der Waals surface area contributed by atoms with E-state index < -0.39 is 0 Å². The van der Waals surface area contributed by atoms with E-state index in [1.54, 1.807) is 6.20 Å². The van der Waals surface area contributed by atoms with Gasteiger partial charge < -0.3 is 19.9 Å². The molecule has 32 heavy (non-hydrogen) atoms. The lowest BCUT2D eigenvalue weighted by molar-refractivity contribution is -0.116. The molecule has 1 saturated heterocycles. The standard InChI is InChI=1S/C25H29N5O2/c1-29(19-20-9-8-17-30(20)24-14-7-16-26-28-24)18-15-25(31)27-22-12-5-6-13-23(22)32-21-10-3-2-4-11-21/h2-7,10-14,16,20H,8-9,15,17-19H2,1H3,(H,27,31). The van der Waals surface area contributed by atoms with Crippen molar-refractivity contribution >= 4 is 17.4 Å². The normalized spacial score (nSPS) is 15.7. The molecule has 7 heteroatoms. The van der Waals surface area contributed by atoms with E-state index in [9.17, 15) is 4.79 Å². The van der Waals surface area contributed by atoms with E-state index in [1.807, 2.05) is 66.7 Å². The van der Waals surface area contributed by atoms with Gasteiger partial charge in [0.1, 0.15) is 5.75 Å². The fourth-order valence-corrected chi connectivity index (χ4v) is 4.00. The largest absolute Gasteiger partial charge is 0.455 e. The molecule has 1 aliphatic rings. The van der Waals surface area contributed by atoms with Gasteiger partial charge in [0.15, 0.2) is 11.6 Å². The predicted octanol–water partition coefficient (Wildman–Crippen LogP) is 4.20. The smallest absolute Gasteiger partial charge is 0.225 e. The number of likely N-dealkylation sites (N-methyl/N-ethyl adjacent to an activating group) is 1. The van der Waals surface area contributed by atoms with Crippen molar-refractivity contribution in [3.8, 4) is 11.5 Å². The molecular weight excluding hydrogens is 402 g/mol. The van der Waals surface area contributed by atoms with Crippen LogP contribution in [0.4, 0.5) is 11.5 Å². The van der Waals surface area contributed by atoms with Crippen molar-refractivity contribution in [1.82, 2.24) is 15.1 Å². The number of nitrogens with zero attached hydrogens (tertiary/aromatic N) is 4. The van der Waals surface area contributed by atoms with Crippen LogP contribution in [0.1, 0.15) is 19.3 Å². The van der Waals surface area contributed by atoms with Crippen LogP contribution >= 0.6 is 0 Å². The third-order valence-corrected chi connectivity index (χ3v) is 5.60. The number of hydrogen-bond acceptors (Lipinski definition) is 6. The summed E-state index contributed by atoms with van der Waals surface area (Å²) in [6.07, 6.45) is 4.38. The highest BCUT2D eigenvalue weighted by Gasteiger charge is 2.26. The third-order valence-electron chi connectivity index (χ3n) is 5.60. The van der Waals surface area contributed by atoms with Gasteiger partial charge in [-0.25, -0.2) is 0 Å². The Morgan fingerprint density at radius 2 is 1.94 bits per heavy atom. The number of hydrogen-bond donors (Lipinski definition) is 1. The lowest BCUT2D eigenvalue weighted by Crippen LogP contribution is -2.40. The van der Waals surface area contributed by atoms with E-state index in [4.69, 9.17) is 4.74 Å². The quantitative estimate of drug-likeness (QED) is 0.548. The topological polar surface area (TPSA) is 70.6 Å². The summed E-state index contributed by atoms with van der Waals surface area (Å²) in [5, 5.41) is 11.3. The van der Waals surface area contributed by atoms with E-state index in [-0.39, 0.29) is 5.91 Å². The number of anilines is 2. The maximum Gasteiger partial charge on any atom is 0.225 e. The van der Waals surface area contributed by atoms with E-state index >= 15 is 0 Å². The second-order valence-corrected chi connectivity index (χ2v) is 8.04. The van der Waals surface area contributed by atoms with Gasteiger partial charge in [-0.2, -0.15) is 5.10 Å². The van der Waals surface area contributed by atoms with E-state index in [2.05, 4.69) is 32.4 Å². The summed E-state index contributed by atoms with van der Waals surface area (Å²) in [4.78, 5) is 17.2. The molecule has 166 valence electrons. The fraction of sp³-hybridized carbons (Fsp3) is 0.320. The second kappa shape index (κ2) is 10.7. The first-order valence-corrected chi connectivity index (χ1v) is 11.0. The molecule has 1 amide bonds. The van der Waals surface area contributed by atoms with Crippen molar-refractivity contribution in [3.05, 3.63) is 72.9 Å². The summed E-state index contributed by atoms with van der Waals surface area (Å²) in [6, 6.07) is 21.4. The average Bonchev–Trinajstić information content (AvgIpc) is 3.28. The molecule has 3 aromatic rings. The number of aromatic nitrogens is 2. The van der Waals surface area contributed by atoms with Gasteiger partial charge >= 0.3 is 0 Å². The van der Waals surface area contributed by atoms with Crippen molar-refractivity contribution < 1.29 is 9.53 Å². The molecule has 4 rings (SSSR count). The second-order valence-electron chi connectivity index (χ2n) is 8.04. The summed E-state index contributed by atoms with van der Waals surface area (Å²) in [5.74, 6) is 2.26. The molecule has 1 aliphatic heterocycles. The van der Waals surface area contributed by atoms with Crippen molar-refractivity contribution in [2.75, 3.05) is 36.9 Å². The minimum Gasteiger partial charge on any atom is -0.455 e. The zero-order valence-corrected chi connectivity index (χ0v) is 18.4. The molecule has 1 atom stereocenters. The number of benzene rings is 2. The monoisotopic (exact) mass is 431 g/mol. The van der Waals surface area contributed by atoms with Gasteiger partial charge in [-0.05, 0) is 56.3 Å². The first-order chi connectivity index (χ1) is 15.7. The van der Waals surface area contributed by atoms with Crippen LogP contribution < -0.4 is 15.0 Å². The molecule has 0 aliphatic carbocycles. The maximum absolute atomic E-state index is 12.6. The van der Waals surface area contributed by atoms with Crippen molar-refractivity contribution in [3.63, 3.8) is 0 Å². The van der Waals surface area contributed by atoms with Crippen LogP contribution in [0.25, 0.3) is 0 Å².